The van der Waals surface area contributed by atoms with E-state index in [1.54, 1.807) is 53.6 Å². The van der Waals surface area contributed by atoms with Crippen LogP contribution in [0.5, 0.6) is 0 Å². The van der Waals surface area contributed by atoms with Gasteiger partial charge in [-0.1, -0.05) is 18.2 Å². The van der Waals surface area contributed by atoms with E-state index >= 15 is 0 Å². The molecule has 1 aliphatic carbocycles. The number of nitrogens with zero attached hydrogens (tertiary/aromatic N) is 6. The van der Waals surface area contributed by atoms with Gasteiger partial charge in [-0.25, -0.2) is 22.4 Å². The number of aromatic nitrogens is 5. The zero-order chi connectivity index (χ0) is 24.7. The van der Waals surface area contributed by atoms with Crippen LogP contribution in [0.4, 0.5) is 0 Å². The number of ether oxygens (including phenoxy) is 1. The molecule has 2 aliphatic rings. The normalized spacial score (nSPS) is 21.7. The fourth-order valence-corrected chi connectivity index (χ4v) is 6.85. The maximum absolute atomic E-state index is 13.5. The standard InChI is InChI=1S/C26H30N6O3S/c1-30-17-20(15-28-30)23-18-32(36(33,34)22-5-3-2-4-6-22)26-25(23)29-24(16-27-26)19-7-9-21(10-8-19)31-11-13-35-14-12-31/h2-6,15-19,21H,7-14H2,1H3/t19-,21+. The molecule has 1 saturated heterocycles. The Labute approximate surface area is 210 Å². The number of morpholine rings is 1. The van der Waals surface area contributed by atoms with Gasteiger partial charge in [0.1, 0.15) is 5.52 Å². The van der Waals surface area contributed by atoms with Crippen molar-refractivity contribution in [3.05, 3.63) is 60.8 Å². The van der Waals surface area contributed by atoms with E-state index in [1.807, 2.05) is 13.2 Å². The van der Waals surface area contributed by atoms with Crippen molar-refractivity contribution in [1.82, 2.24) is 28.6 Å². The average molecular weight is 507 g/mol. The maximum atomic E-state index is 13.5. The predicted octanol–water partition coefficient (Wildman–Crippen LogP) is 3.43. The van der Waals surface area contributed by atoms with E-state index in [9.17, 15) is 8.42 Å². The Morgan fingerprint density at radius 3 is 2.42 bits per heavy atom. The SMILES string of the molecule is Cn1cc(-c2cn(S(=O)(=O)c3ccccc3)c3ncc([C@H]4CC[C@@H](N5CCOCC5)CC4)nc23)cn1. The third-order valence-electron chi connectivity index (χ3n) is 7.47. The van der Waals surface area contributed by atoms with Gasteiger partial charge in [0.2, 0.25) is 0 Å². The van der Waals surface area contributed by atoms with Crippen molar-refractivity contribution in [2.45, 2.75) is 42.5 Å². The zero-order valence-corrected chi connectivity index (χ0v) is 21.1. The van der Waals surface area contributed by atoms with E-state index in [-0.39, 0.29) is 4.90 Å². The third-order valence-corrected chi connectivity index (χ3v) is 9.14. The molecule has 1 aromatic carbocycles. The fraction of sp³-hybridized carbons (Fsp3) is 0.423. The lowest BCUT2D eigenvalue weighted by Gasteiger charge is -2.38. The molecule has 1 saturated carbocycles. The molecule has 0 bridgehead atoms. The summed E-state index contributed by atoms with van der Waals surface area (Å²) in [6, 6.07) is 9.03. The summed E-state index contributed by atoms with van der Waals surface area (Å²) in [6.07, 6.45) is 11.4. The van der Waals surface area contributed by atoms with Gasteiger partial charge in [-0.05, 0) is 37.8 Å². The maximum Gasteiger partial charge on any atom is 0.269 e. The summed E-state index contributed by atoms with van der Waals surface area (Å²) in [4.78, 5) is 12.5. The van der Waals surface area contributed by atoms with Crippen LogP contribution in [0.3, 0.4) is 0 Å². The second-order valence-electron chi connectivity index (χ2n) is 9.68. The summed E-state index contributed by atoms with van der Waals surface area (Å²) in [5.74, 6) is 0.315. The molecule has 0 unspecified atom stereocenters. The molecule has 188 valence electrons. The van der Waals surface area contributed by atoms with Crippen molar-refractivity contribution in [3.8, 4) is 11.1 Å². The lowest BCUT2D eigenvalue weighted by atomic mass is 9.83. The van der Waals surface area contributed by atoms with Crippen molar-refractivity contribution in [2.24, 2.45) is 7.05 Å². The van der Waals surface area contributed by atoms with Crippen molar-refractivity contribution >= 4 is 21.2 Å². The molecule has 0 amide bonds. The minimum absolute atomic E-state index is 0.215. The number of rotatable bonds is 5. The second-order valence-corrected chi connectivity index (χ2v) is 11.5. The van der Waals surface area contributed by atoms with E-state index in [0.717, 1.165) is 63.2 Å². The van der Waals surface area contributed by atoms with Gasteiger partial charge in [-0.3, -0.25) is 9.58 Å². The monoisotopic (exact) mass is 506 g/mol. The van der Waals surface area contributed by atoms with Crippen LogP contribution in [0.25, 0.3) is 22.3 Å². The van der Waals surface area contributed by atoms with Gasteiger partial charge in [0.05, 0.1) is 36.2 Å². The van der Waals surface area contributed by atoms with Gasteiger partial charge < -0.3 is 4.74 Å². The van der Waals surface area contributed by atoms with Crippen molar-refractivity contribution in [3.63, 3.8) is 0 Å². The molecule has 36 heavy (non-hydrogen) atoms. The Balaban J connectivity index is 1.36. The van der Waals surface area contributed by atoms with E-state index in [4.69, 9.17) is 9.72 Å². The predicted molar refractivity (Wildman–Crippen MR) is 136 cm³/mol. The number of benzene rings is 1. The highest BCUT2D eigenvalue weighted by Gasteiger charge is 2.30. The first-order valence-electron chi connectivity index (χ1n) is 12.5. The van der Waals surface area contributed by atoms with Gasteiger partial charge in [0, 0.05) is 55.6 Å². The Morgan fingerprint density at radius 2 is 1.72 bits per heavy atom. The first-order chi connectivity index (χ1) is 17.5. The molecular weight excluding hydrogens is 476 g/mol. The summed E-state index contributed by atoms with van der Waals surface area (Å²) in [5, 5.41) is 4.29. The van der Waals surface area contributed by atoms with Gasteiger partial charge in [-0.2, -0.15) is 5.10 Å². The molecule has 0 radical (unpaired) electrons. The van der Waals surface area contributed by atoms with Crippen LogP contribution >= 0.6 is 0 Å². The summed E-state index contributed by atoms with van der Waals surface area (Å²) >= 11 is 0. The highest BCUT2D eigenvalue weighted by atomic mass is 32.2. The number of fused-ring (bicyclic) bond motifs is 1. The Morgan fingerprint density at radius 1 is 0.972 bits per heavy atom. The molecule has 6 rings (SSSR count). The molecule has 10 heteroatoms. The van der Waals surface area contributed by atoms with Crippen molar-refractivity contribution in [1.29, 1.82) is 0 Å². The number of hydrogen-bond acceptors (Lipinski definition) is 7. The van der Waals surface area contributed by atoms with Gasteiger partial charge in [-0.15, -0.1) is 0 Å². The molecule has 2 fully saturated rings. The topological polar surface area (TPSA) is 95.1 Å². The van der Waals surface area contributed by atoms with Gasteiger partial charge >= 0.3 is 0 Å². The summed E-state index contributed by atoms with van der Waals surface area (Å²) in [5.41, 5.74) is 3.39. The Bertz CT molecular complexity index is 1470. The number of aryl methyl sites for hydroxylation is 1. The smallest absolute Gasteiger partial charge is 0.269 e. The Kier molecular flexibility index (Phi) is 6.10. The average Bonchev–Trinajstić information content (AvgIpc) is 3.53. The second kappa shape index (κ2) is 9.42. The van der Waals surface area contributed by atoms with E-state index in [1.165, 1.54) is 3.97 Å². The highest BCUT2D eigenvalue weighted by molar-refractivity contribution is 7.90. The van der Waals surface area contributed by atoms with Crippen LogP contribution in [0.15, 0.2) is 60.0 Å². The molecule has 3 aromatic heterocycles. The van der Waals surface area contributed by atoms with Crippen LogP contribution in [-0.4, -0.2) is 69.4 Å². The lowest BCUT2D eigenvalue weighted by Crippen LogP contribution is -2.44. The highest BCUT2D eigenvalue weighted by Crippen LogP contribution is 2.36. The van der Waals surface area contributed by atoms with E-state index in [2.05, 4.69) is 15.0 Å². The van der Waals surface area contributed by atoms with E-state index < -0.39 is 10.0 Å². The molecule has 0 spiro atoms. The lowest BCUT2D eigenvalue weighted by molar-refractivity contribution is 0.00721. The van der Waals surface area contributed by atoms with Crippen LogP contribution in [0, 0.1) is 0 Å². The van der Waals surface area contributed by atoms with Gasteiger partial charge in [0.25, 0.3) is 10.0 Å². The minimum atomic E-state index is -3.83. The molecule has 9 nitrogen and oxygen atoms in total. The fourth-order valence-electron chi connectivity index (χ4n) is 5.51. The molecule has 0 atom stereocenters. The molecule has 4 heterocycles. The van der Waals surface area contributed by atoms with Crippen LogP contribution < -0.4 is 0 Å². The molecule has 0 N–H and O–H groups in total. The van der Waals surface area contributed by atoms with Gasteiger partial charge in [0.15, 0.2) is 5.65 Å². The minimum Gasteiger partial charge on any atom is -0.379 e. The number of hydrogen-bond donors (Lipinski definition) is 0. The van der Waals surface area contributed by atoms with Crippen LogP contribution in [0.1, 0.15) is 37.3 Å². The van der Waals surface area contributed by atoms with Crippen molar-refractivity contribution < 1.29 is 13.2 Å². The third kappa shape index (κ3) is 4.23. The largest absolute Gasteiger partial charge is 0.379 e. The quantitative estimate of drug-likeness (QED) is 0.409. The zero-order valence-electron chi connectivity index (χ0n) is 20.3. The van der Waals surface area contributed by atoms with Crippen LogP contribution in [0.2, 0.25) is 0 Å². The summed E-state index contributed by atoms with van der Waals surface area (Å²) < 4.78 is 35.5. The summed E-state index contributed by atoms with van der Waals surface area (Å²) in [7, 11) is -1.99. The van der Waals surface area contributed by atoms with E-state index in [0.29, 0.717) is 28.7 Å². The first-order valence-corrected chi connectivity index (χ1v) is 13.9. The first kappa shape index (κ1) is 23.3. The molecular formula is C26H30N6O3S. The van der Waals surface area contributed by atoms with Crippen molar-refractivity contribution in [2.75, 3.05) is 26.3 Å². The summed E-state index contributed by atoms with van der Waals surface area (Å²) in [6.45, 7) is 3.67. The molecule has 1 aliphatic heterocycles. The molecule has 4 aromatic rings. The van der Waals surface area contributed by atoms with Crippen LogP contribution in [-0.2, 0) is 21.8 Å². The Hall–Kier alpha value is -3.08.